The van der Waals surface area contributed by atoms with Crippen molar-refractivity contribution >= 4 is 17.5 Å². The first-order valence-corrected chi connectivity index (χ1v) is 6.77. The Balaban J connectivity index is 2.08. The van der Waals surface area contributed by atoms with Crippen LogP contribution in [0.5, 0.6) is 0 Å². The van der Waals surface area contributed by atoms with Crippen LogP contribution >= 0.6 is 11.6 Å². The number of carbonyl (C=O) groups excluding carboxylic acids is 1. The van der Waals surface area contributed by atoms with Crippen LogP contribution < -0.4 is 5.32 Å². The Morgan fingerprint density at radius 3 is 2.81 bits per heavy atom. The van der Waals surface area contributed by atoms with Crippen LogP contribution in [0.3, 0.4) is 0 Å². The number of aromatic nitrogens is 1. The van der Waals surface area contributed by atoms with Gasteiger partial charge in [-0.15, -0.1) is 0 Å². The molecule has 1 aliphatic carbocycles. The molecule has 1 aromatic rings. The minimum absolute atomic E-state index is 0.00226. The molecule has 0 radical (unpaired) electrons. The fourth-order valence-electron chi connectivity index (χ4n) is 2.44. The van der Waals surface area contributed by atoms with Crippen LogP contribution in [0.15, 0.2) is 18.3 Å². The maximum atomic E-state index is 12.9. The monoisotopic (exact) mass is 324 g/mol. The lowest BCUT2D eigenvalue weighted by Gasteiger charge is -2.37. The van der Waals surface area contributed by atoms with Crippen LogP contribution in [0.2, 0.25) is 0 Å². The molecular weight excluding hydrogens is 312 g/mol. The van der Waals surface area contributed by atoms with Gasteiger partial charge in [-0.1, -0.05) is 11.6 Å². The molecule has 2 unspecified atom stereocenters. The number of nitrogens with one attached hydrogen (secondary N) is 1. The minimum atomic E-state index is -4.34. The summed E-state index contributed by atoms with van der Waals surface area (Å²) in [4.78, 5) is 13.8. The fraction of sp³-hybridized carbons (Fsp3) is 0.538. The van der Waals surface area contributed by atoms with Crippen LogP contribution in [0.1, 0.15) is 36.0 Å². The zero-order valence-electron chi connectivity index (χ0n) is 10.9. The SMILES string of the molecule is O=C(NC1(Cl)CCCC(C(F)(F)F)C1)c1ccnc(F)c1. The van der Waals surface area contributed by atoms with Gasteiger partial charge < -0.3 is 5.32 Å². The van der Waals surface area contributed by atoms with Gasteiger partial charge in [-0.2, -0.15) is 17.6 Å². The maximum absolute atomic E-state index is 12.9. The molecule has 1 heterocycles. The molecule has 116 valence electrons. The molecule has 8 heteroatoms. The van der Waals surface area contributed by atoms with Crippen molar-refractivity contribution < 1.29 is 22.4 Å². The Morgan fingerprint density at radius 2 is 2.19 bits per heavy atom. The highest BCUT2D eigenvalue weighted by molar-refractivity contribution is 6.25. The van der Waals surface area contributed by atoms with Gasteiger partial charge in [0.05, 0.1) is 5.92 Å². The number of nitrogens with zero attached hydrogens (tertiary/aromatic N) is 1. The van der Waals surface area contributed by atoms with E-state index in [0.29, 0.717) is 0 Å². The average Bonchev–Trinajstić information content (AvgIpc) is 2.37. The first kappa shape index (κ1) is 16.0. The van der Waals surface area contributed by atoms with Crippen LogP contribution in [-0.2, 0) is 0 Å². The Labute approximate surface area is 123 Å². The fourth-order valence-corrected chi connectivity index (χ4v) is 2.84. The summed E-state index contributed by atoms with van der Waals surface area (Å²) in [6, 6.07) is 2.17. The lowest BCUT2D eigenvalue weighted by Crippen LogP contribution is -2.49. The Kier molecular flexibility index (Phi) is 4.41. The van der Waals surface area contributed by atoms with E-state index in [9.17, 15) is 22.4 Å². The van der Waals surface area contributed by atoms with Gasteiger partial charge in [-0.3, -0.25) is 4.79 Å². The van der Waals surface area contributed by atoms with Crippen molar-refractivity contribution in [2.45, 2.75) is 36.9 Å². The molecule has 0 bridgehead atoms. The second-order valence-corrected chi connectivity index (χ2v) is 5.85. The molecule has 1 saturated carbocycles. The van der Waals surface area contributed by atoms with E-state index < -0.39 is 35.4 Å². The zero-order valence-corrected chi connectivity index (χ0v) is 11.6. The van der Waals surface area contributed by atoms with Crippen LogP contribution in [-0.4, -0.2) is 22.1 Å². The summed E-state index contributed by atoms with van der Waals surface area (Å²) in [6.07, 6.45) is -3.13. The second-order valence-electron chi connectivity index (χ2n) is 5.12. The van der Waals surface area contributed by atoms with Crippen molar-refractivity contribution in [3.8, 4) is 0 Å². The standard InChI is InChI=1S/C13H13ClF4N2O/c14-12(4-1-2-9(7-12)13(16,17)18)20-11(21)8-3-5-19-10(15)6-8/h3,5-6,9H,1-2,4,7H2,(H,20,21). The molecule has 1 aliphatic rings. The van der Waals surface area contributed by atoms with E-state index in [4.69, 9.17) is 11.6 Å². The van der Waals surface area contributed by atoms with Gasteiger partial charge in [0, 0.05) is 17.8 Å². The number of hydrogen-bond acceptors (Lipinski definition) is 2. The Hall–Kier alpha value is -1.37. The minimum Gasteiger partial charge on any atom is -0.333 e. The molecule has 0 saturated heterocycles. The molecule has 1 amide bonds. The second kappa shape index (κ2) is 5.79. The topological polar surface area (TPSA) is 42.0 Å². The first-order chi connectivity index (χ1) is 9.70. The molecule has 1 N–H and O–H groups in total. The Morgan fingerprint density at radius 1 is 1.48 bits per heavy atom. The van der Waals surface area contributed by atoms with Gasteiger partial charge >= 0.3 is 6.18 Å². The molecule has 2 rings (SSSR count). The maximum Gasteiger partial charge on any atom is 0.391 e. The molecule has 0 aromatic carbocycles. The highest BCUT2D eigenvalue weighted by atomic mass is 35.5. The lowest BCUT2D eigenvalue weighted by molar-refractivity contribution is -0.185. The lowest BCUT2D eigenvalue weighted by atomic mass is 9.84. The van der Waals surface area contributed by atoms with E-state index in [0.717, 1.165) is 12.3 Å². The van der Waals surface area contributed by atoms with Gasteiger partial charge in [0.2, 0.25) is 5.95 Å². The van der Waals surface area contributed by atoms with Crippen molar-refractivity contribution in [1.82, 2.24) is 10.3 Å². The molecule has 1 fully saturated rings. The average molecular weight is 325 g/mol. The van der Waals surface area contributed by atoms with E-state index in [1.807, 2.05) is 0 Å². The molecule has 0 spiro atoms. The smallest absolute Gasteiger partial charge is 0.333 e. The number of carbonyl (C=O) groups is 1. The van der Waals surface area contributed by atoms with Gasteiger partial charge in [0.25, 0.3) is 5.91 Å². The third-order valence-electron chi connectivity index (χ3n) is 3.48. The summed E-state index contributed by atoms with van der Waals surface area (Å²) in [5.74, 6) is -3.10. The first-order valence-electron chi connectivity index (χ1n) is 6.39. The molecule has 2 atom stereocenters. The molecule has 0 aliphatic heterocycles. The van der Waals surface area contributed by atoms with Gasteiger partial charge in [-0.05, 0) is 31.7 Å². The predicted octanol–water partition coefficient (Wildman–Crippen LogP) is 3.64. The quantitative estimate of drug-likeness (QED) is 0.390. The van der Waals surface area contributed by atoms with Crippen LogP contribution in [0, 0.1) is 11.9 Å². The van der Waals surface area contributed by atoms with Crippen molar-refractivity contribution in [2.75, 3.05) is 0 Å². The zero-order chi connectivity index (χ0) is 15.7. The summed E-state index contributed by atoms with van der Waals surface area (Å²) in [7, 11) is 0. The Bertz CT molecular complexity index is 537. The van der Waals surface area contributed by atoms with Gasteiger partial charge in [0.15, 0.2) is 0 Å². The van der Waals surface area contributed by atoms with Crippen molar-refractivity contribution in [3.05, 3.63) is 29.8 Å². The number of alkyl halides is 4. The summed E-state index contributed by atoms with van der Waals surface area (Å²) in [6.45, 7) is 0. The largest absolute Gasteiger partial charge is 0.391 e. The van der Waals surface area contributed by atoms with Gasteiger partial charge in [-0.25, -0.2) is 4.98 Å². The van der Waals surface area contributed by atoms with E-state index in [1.165, 1.54) is 6.07 Å². The predicted molar refractivity (Wildman–Crippen MR) is 68.3 cm³/mol. The molecule has 1 aromatic heterocycles. The van der Waals surface area contributed by atoms with E-state index >= 15 is 0 Å². The third kappa shape index (κ3) is 4.06. The van der Waals surface area contributed by atoms with E-state index in [-0.39, 0.29) is 24.8 Å². The number of amides is 1. The third-order valence-corrected chi connectivity index (χ3v) is 3.92. The number of hydrogen-bond donors (Lipinski definition) is 1. The highest BCUT2D eigenvalue weighted by Gasteiger charge is 2.47. The molecule has 3 nitrogen and oxygen atoms in total. The van der Waals surface area contributed by atoms with Crippen molar-refractivity contribution in [2.24, 2.45) is 5.92 Å². The number of rotatable bonds is 2. The van der Waals surface area contributed by atoms with Crippen molar-refractivity contribution in [1.29, 1.82) is 0 Å². The summed E-state index contributed by atoms with van der Waals surface area (Å²) < 4.78 is 51.3. The normalized spacial score (nSPS) is 26.4. The summed E-state index contributed by atoms with van der Waals surface area (Å²) in [5.41, 5.74) is -0.0309. The summed E-state index contributed by atoms with van der Waals surface area (Å²) >= 11 is 6.12. The molecular formula is C13H13ClF4N2O. The highest BCUT2D eigenvalue weighted by Crippen LogP contribution is 2.43. The van der Waals surface area contributed by atoms with Crippen molar-refractivity contribution in [3.63, 3.8) is 0 Å². The number of pyridine rings is 1. The van der Waals surface area contributed by atoms with Crippen LogP contribution in [0.4, 0.5) is 17.6 Å². The van der Waals surface area contributed by atoms with Gasteiger partial charge in [0.1, 0.15) is 5.00 Å². The number of halogens is 5. The molecule has 21 heavy (non-hydrogen) atoms. The summed E-state index contributed by atoms with van der Waals surface area (Å²) in [5, 5.41) is 2.37. The van der Waals surface area contributed by atoms with Crippen LogP contribution in [0.25, 0.3) is 0 Å². The van der Waals surface area contributed by atoms with E-state index in [1.54, 1.807) is 0 Å². The van der Waals surface area contributed by atoms with E-state index in [2.05, 4.69) is 10.3 Å².